The second kappa shape index (κ2) is 9.24. The molecule has 0 unspecified atom stereocenters. The molecule has 0 heterocycles. The molecular weight excluding hydrogens is 218 g/mol. The van der Waals surface area contributed by atoms with Gasteiger partial charge in [-0.3, -0.25) is 4.99 Å². The summed E-state index contributed by atoms with van der Waals surface area (Å²) in [6.45, 7) is 6.66. The normalized spacial score (nSPS) is 16.0. The smallest absolute Gasteiger partial charge is 0.191 e. The molecule has 0 aromatic heterocycles. The van der Waals surface area contributed by atoms with E-state index < -0.39 is 0 Å². The van der Waals surface area contributed by atoms with Crippen LogP contribution in [-0.4, -0.2) is 52.5 Å². The summed E-state index contributed by atoms with van der Waals surface area (Å²) < 4.78 is 10.3. The Balaban J connectivity index is 2.04. The maximum absolute atomic E-state index is 5.37. The quantitative estimate of drug-likeness (QED) is 0.354. The maximum atomic E-state index is 5.37. The monoisotopic (exact) mass is 243 g/mol. The molecule has 17 heavy (non-hydrogen) atoms. The minimum Gasteiger partial charge on any atom is -0.382 e. The summed E-state index contributed by atoms with van der Waals surface area (Å²) in [5.74, 6) is 1.72. The van der Waals surface area contributed by atoms with Gasteiger partial charge in [0.1, 0.15) is 0 Å². The Morgan fingerprint density at radius 2 is 2.06 bits per heavy atom. The Morgan fingerprint density at radius 3 is 2.71 bits per heavy atom. The van der Waals surface area contributed by atoms with E-state index in [1.807, 2.05) is 0 Å². The van der Waals surface area contributed by atoms with Crippen LogP contribution in [0.5, 0.6) is 0 Å². The summed E-state index contributed by atoms with van der Waals surface area (Å²) in [5.41, 5.74) is 0. The second-order valence-corrected chi connectivity index (χ2v) is 4.19. The van der Waals surface area contributed by atoms with Crippen molar-refractivity contribution >= 4 is 5.96 Å². The lowest BCUT2D eigenvalue weighted by molar-refractivity contribution is 0.0733. The number of aliphatic imine (C=N–C) groups is 1. The van der Waals surface area contributed by atoms with E-state index in [2.05, 4.69) is 22.5 Å². The van der Waals surface area contributed by atoms with Crippen LogP contribution >= 0.6 is 0 Å². The number of guanidine groups is 1. The Morgan fingerprint density at radius 1 is 1.24 bits per heavy atom. The van der Waals surface area contributed by atoms with E-state index >= 15 is 0 Å². The number of nitrogens with one attached hydrogen (secondary N) is 2. The van der Waals surface area contributed by atoms with Crippen molar-refractivity contribution in [2.24, 2.45) is 10.9 Å². The SMILES string of the molecule is CCNC(=NCC1CC1)NCCOCCOC. The summed E-state index contributed by atoms with van der Waals surface area (Å²) >= 11 is 0. The zero-order chi connectivity index (χ0) is 12.3. The molecule has 0 radical (unpaired) electrons. The lowest BCUT2D eigenvalue weighted by atomic mass is 10.4. The summed E-state index contributed by atoms with van der Waals surface area (Å²) in [5, 5.41) is 6.48. The van der Waals surface area contributed by atoms with Crippen molar-refractivity contribution in [1.29, 1.82) is 0 Å². The summed E-state index contributed by atoms with van der Waals surface area (Å²) in [7, 11) is 1.68. The van der Waals surface area contributed by atoms with Crippen molar-refractivity contribution in [2.75, 3.05) is 46.6 Å². The van der Waals surface area contributed by atoms with Crippen molar-refractivity contribution in [2.45, 2.75) is 19.8 Å². The number of hydrogen-bond donors (Lipinski definition) is 2. The maximum Gasteiger partial charge on any atom is 0.191 e. The third-order valence-corrected chi connectivity index (χ3v) is 2.52. The van der Waals surface area contributed by atoms with Crippen LogP contribution in [0.2, 0.25) is 0 Å². The molecule has 5 heteroatoms. The molecule has 0 spiro atoms. The molecule has 5 nitrogen and oxygen atoms in total. The lowest BCUT2D eigenvalue weighted by Crippen LogP contribution is -2.39. The van der Waals surface area contributed by atoms with E-state index in [0.29, 0.717) is 19.8 Å². The Hall–Kier alpha value is -0.810. The van der Waals surface area contributed by atoms with Gasteiger partial charge < -0.3 is 20.1 Å². The predicted octanol–water partition coefficient (Wildman–Crippen LogP) is 0.615. The standard InChI is InChI=1S/C12H25N3O2/c1-3-13-12(15-10-11-4-5-11)14-6-7-17-9-8-16-2/h11H,3-10H2,1-2H3,(H2,13,14,15). The first-order chi connectivity index (χ1) is 8.36. The van der Waals surface area contributed by atoms with Gasteiger partial charge in [-0.2, -0.15) is 0 Å². The van der Waals surface area contributed by atoms with Crippen LogP contribution in [0.4, 0.5) is 0 Å². The fourth-order valence-corrected chi connectivity index (χ4v) is 1.35. The van der Waals surface area contributed by atoms with E-state index in [0.717, 1.165) is 31.5 Å². The zero-order valence-electron chi connectivity index (χ0n) is 11.0. The van der Waals surface area contributed by atoms with E-state index in [1.165, 1.54) is 12.8 Å². The largest absolute Gasteiger partial charge is 0.382 e. The molecule has 0 aromatic rings. The third-order valence-electron chi connectivity index (χ3n) is 2.52. The molecule has 1 saturated carbocycles. The van der Waals surface area contributed by atoms with Crippen LogP contribution in [0.25, 0.3) is 0 Å². The molecular formula is C12H25N3O2. The first-order valence-corrected chi connectivity index (χ1v) is 6.45. The van der Waals surface area contributed by atoms with Crippen LogP contribution in [-0.2, 0) is 9.47 Å². The number of nitrogens with zero attached hydrogens (tertiary/aromatic N) is 1. The predicted molar refractivity (Wildman–Crippen MR) is 69.4 cm³/mol. The van der Waals surface area contributed by atoms with Crippen LogP contribution < -0.4 is 10.6 Å². The van der Waals surface area contributed by atoms with Crippen LogP contribution in [0.15, 0.2) is 4.99 Å². The number of hydrogen-bond acceptors (Lipinski definition) is 3. The van der Waals surface area contributed by atoms with Crippen molar-refractivity contribution in [3.05, 3.63) is 0 Å². The second-order valence-electron chi connectivity index (χ2n) is 4.19. The highest BCUT2D eigenvalue weighted by molar-refractivity contribution is 5.79. The van der Waals surface area contributed by atoms with E-state index in [1.54, 1.807) is 7.11 Å². The highest BCUT2D eigenvalue weighted by atomic mass is 16.5. The van der Waals surface area contributed by atoms with Gasteiger partial charge in [-0.1, -0.05) is 0 Å². The van der Waals surface area contributed by atoms with Crippen molar-refractivity contribution in [3.63, 3.8) is 0 Å². The van der Waals surface area contributed by atoms with Gasteiger partial charge in [0.25, 0.3) is 0 Å². The third kappa shape index (κ3) is 7.99. The van der Waals surface area contributed by atoms with Crippen molar-refractivity contribution < 1.29 is 9.47 Å². The van der Waals surface area contributed by atoms with Crippen molar-refractivity contribution in [3.8, 4) is 0 Å². The van der Waals surface area contributed by atoms with Gasteiger partial charge in [0.2, 0.25) is 0 Å². The molecule has 0 aliphatic heterocycles. The molecule has 0 amide bonds. The van der Waals surface area contributed by atoms with Crippen LogP contribution in [0.3, 0.4) is 0 Å². The van der Waals surface area contributed by atoms with Gasteiger partial charge >= 0.3 is 0 Å². The molecule has 0 saturated heterocycles. The summed E-state index contributed by atoms with van der Waals surface area (Å²) in [6.07, 6.45) is 2.67. The Bertz CT molecular complexity index is 218. The fourth-order valence-electron chi connectivity index (χ4n) is 1.35. The molecule has 1 fully saturated rings. The molecule has 100 valence electrons. The average Bonchev–Trinajstić information content (AvgIpc) is 3.14. The Kier molecular flexibility index (Phi) is 7.75. The van der Waals surface area contributed by atoms with Crippen molar-refractivity contribution in [1.82, 2.24) is 10.6 Å². The number of ether oxygens (including phenoxy) is 2. The molecule has 1 aliphatic rings. The zero-order valence-corrected chi connectivity index (χ0v) is 11.0. The molecule has 2 N–H and O–H groups in total. The molecule has 0 bridgehead atoms. The van der Waals surface area contributed by atoms with Gasteiger partial charge in [0, 0.05) is 26.7 Å². The Labute approximate surface area is 104 Å². The van der Waals surface area contributed by atoms with E-state index in [9.17, 15) is 0 Å². The summed E-state index contributed by atoms with van der Waals surface area (Å²) in [6, 6.07) is 0. The fraction of sp³-hybridized carbons (Fsp3) is 0.917. The highest BCUT2D eigenvalue weighted by Crippen LogP contribution is 2.28. The topological polar surface area (TPSA) is 54.9 Å². The number of methoxy groups -OCH3 is 1. The highest BCUT2D eigenvalue weighted by Gasteiger charge is 2.20. The molecule has 0 atom stereocenters. The van der Waals surface area contributed by atoms with Crippen LogP contribution in [0, 0.1) is 5.92 Å². The minimum absolute atomic E-state index is 0.647. The molecule has 1 rings (SSSR count). The molecule has 1 aliphatic carbocycles. The lowest BCUT2D eigenvalue weighted by Gasteiger charge is -2.11. The van der Waals surface area contributed by atoms with Gasteiger partial charge in [0.15, 0.2) is 5.96 Å². The summed E-state index contributed by atoms with van der Waals surface area (Å²) in [4.78, 5) is 4.52. The molecule has 0 aromatic carbocycles. The minimum atomic E-state index is 0.647. The van der Waals surface area contributed by atoms with Gasteiger partial charge in [-0.15, -0.1) is 0 Å². The average molecular weight is 243 g/mol. The van der Waals surface area contributed by atoms with Gasteiger partial charge in [-0.05, 0) is 25.7 Å². The van der Waals surface area contributed by atoms with E-state index in [4.69, 9.17) is 9.47 Å². The number of rotatable bonds is 9. The van der Waals surface area contributed by atoms with Gasteiger partial charge in [0.05, 0.1) is 19.8 Å². The van der Waals surface area contributed by atoms with E-state index in [-0.39, 0.29) is 0 Å². The van der Waals surface area contributed by atoms with Gasteiger partial charge in [-0.25, -0.2) is 0 Å². The first-order valence-electron chi connectivity index (χ1n) is 6.45. The first kappa shape index (κ1) is 14.3. The van der Waals surface area contributed by atoms with Crippen LogP contribution in [0.1, 0.15) is 19.8 Å².